The molecule has 134 valence electrons. The first-order chi connectivity index (χ1) is 12.2. The number of nitrogens with zero attached hydrogens (tertiary/aromatic N) is 4. The number of rotatable bonds is 4. The Morgan fingerprint density at radius 2 is 1.68 bits per heavy atom. The Morgan fingerprint density at radius 1 is 0.920 bits per heavy atom. The maximum Gasteiger partial charge on any atom is 0.312 e. The fourth-order valence-corrected chi connectivity index (χ4v) is 4.27. The number of amides is 2. The molecule has 1 saturated carbocycles. The number of carbonyl (C=O) groups is 2. The Balaban J connectivity index is 1.37. The van der Waals surface area contributed by atoms with E-state index in [0.717, 1.165) is 37.3 Å². The second kappa shape index (κ2) is 7.02. The van der Waals surface area contributed by atoms with Crippen molar-refractivity contribution >= 4 is 17.5 Å². The molecule has 1 aromatic heterocycles. The van der Waals surface area contributed by atoms with Crippen molar-refractivity contribution in [2.24, 2.45) is 0 Å². The average Bonchev–Trinajstić information content (AvgIpc) is 3.33. The molecule has 6 nitrogen and oxygen atoms in total. The Hall–Kier alpha value is -2.11. The largest absolute Gasteiger partial charge is 0.370 e. The Morgan fingerprint density at radius 3 is 2.36 bits per heavy atom. The average molecular weight is 342 g/mol. The fourth-order valence-electron chi connectivity index (χ4n) is 4.27. The summed E-state index contributed by atoms with van der Waals surface area (Å²) in [5, 5.41) is 0. The van der Waals surface area contributed by atoms with Gasteiger partial charge in [-0.3, -0.25) is 14.6 Å². The quantitative estimate of drug-likeness (QED) is 0.783. The van der Waals surface area contributed by atoms with E-state index in [1.54, 1.807) is 9.80 Å². The summed E-state index contributed by atoms with van der Waals surface area (Å²) in [5.41, 5.74) is 1.99. The minimum absolute atomic E-state index is 0.275. The highest BCUT2D eigenvalue weighted by Gasteiger charge is 2.37. The van der Waals surface area contributed by atoms with Crippen molar-refractivity contribution < 1.29 is 9.59 Å². The van der Waals surface area contributed by atoms with Crippen molar-refractivity contribution in [1.82, 2.24) is 14.8 Å². The van der Waals surface area contributed by atoms with Gasteiger partial charge in [0.25, 0.3) is 0 Å². The van der Waals surface area contributed by atoms with Crippen LogP contribution in [0.1, 0.15) is 44.2 Å². The molecule has 1 aromatic rings. The molecule has 3 fully saturated rings. The zero-order valence-electron chi connectivity index (χ0n) is 14.7. The van der Waals surface area contributed by atoms with Crippen molar-refractivity contribution in [3.8, 4) is 0 Å². The van der Waals surface area contributed by atoms with Crippen LogP contribution < -0.4 is 4.90 Å². The maximum atomic E-state index is 12.5. The van der Waals surface area contributed by atoms with E-state index in [9.17, 15) is 9.59 Å². The second-order valence-corrected chi connectivity index (χ2v) is 7.37. The molecule has 1 aliphatic carbocycles. The molecule has 0 N–H and O–H groups in total. The van der Waals surface area contributed by atoms with Crippen LogP contribution in [0.25, 0.3) is 0 Å². The highest BCUT2D eigenvalue weighted by Crippen LogP contribution is 2.25. The first kappa shape index (κ1) is 16.4. The number of hydrogen-bond acceptors (Lipinski definition) is 4. The van der Waals surface area contributed by atoms with Crippen molar-refractivity contribution in [3.63, 3.8) is 0 Å². The third-order valence-electron chi connectivity index (χ3n) is 5.74. The molecule has 25 heavy (non-hydrogen) atoms. The predicted molar refractivity (Wildman–Crippen MR) is 95.1 cm³/mol. The van der Waals surface area contributed by atoms with Gasteiger partial charge in [0.05, 0.1) is 24.1 Å². The highest BCUT2D eigenvalue weighted by atomic mass is 16.2. The first-order valence-corrected chi connectivity index (χ1v) is 9.52. The van der Waals surface area contributed by atoms with Gasteiger partial charge in [-0.1, -0.05) is 12.8 Å². The number of pyridine rings is 1. The lowest BCUT2D eigenvalue weighted by molar-refractivity contribution is -0.158. The Kier molecular flexibility index (Phi) is 4.59. The van der Waals surface area contributed by atoms with E-state index in [1.807, 2.05) is 12.3 Å². The van der Waals surface area contributed by atoms with Gasteiger partial charge < -0.3 is 14.7 Å². The minimum atomic E-state index is -0.372. The second-order valence-electron chi connectivity index (χ2n) is 7.37. The predicted octanol–water partition coefficient (Wildman–Crippen LogP) is 1.80. The lowest BCUT2D eigenvalue weighted by atomic mass is 10.1. The zero-order valence-corrected chi connectivity index (χ0v) is 14.7. The molecule has 6 heteroatoms. The van der Waals surface area contributed by atoms with E-state index >= 15 is 0 Å². The number of anilines is 1. The van der Waals surface area contributed by atoms with E-state index in [1.165, 1.54) is 25.7 Å². The molecule has 2 amide bonds. The zero-order chi connectivity index (χ0) is 17.2. The van der Waals surface area contributed by atoms with Crippen LogP contribution >= 0.6 is 0 Å². The van der Waals surface area contributed by atoms with Crippen molar-refractivity contribution in [1.29, 1.82) is 0 Å². The third kappa shape index (κ3) is 3.34. The number of carbonyl (C=O) groups excluding carboxylic acids is 2. The Bertz CT molecular complexity index is 633. The van der Waals surface area contributed by atoms with Gasteiger partial charge in [-0.05, 0) is 37.8 Å². The van der Waals surface area contributed by atoms with Crippen molar-refractivity contribution in [2.75, 3.05) is 31.1 Å². The monoisotopic (exact) mass is 342 g/mol. The maximum absolute atomic E-state index is 12.5. The first-order valence-electron chi connectivity index (χ1n) is 9.52. The number of aromatic nitrogens is 1. The van der Waals surface area contributed by atoms with Gasteiger partial charge in [-0.15, -0.1) is 0 Å². The van der Waals surface area contributed by atoms with Gasteiger partial charge in [0.1, 0.15) is 0 Å². The van der Waals surface area contributed by atoms with Crippen LogP contribution in [-0.4, -0.2) is 58.8 Å². The van der Waals surface area contributed by atoms with Gasteiger partial charge in [0, 0.05) is 32.2 Å². The molecule has 0 atom stereocenters. The lowest BCUT2D eigenvalue weighted by Crippen LogP contribution is -2.56. The van der Waals surface area contributed by atoms with Crippen LogP contribution in [0, 0.1) is 0 Å². The Labute approximate surface area is 148 Å². The molecule has 0 unspecified atom stereocenters. The molecule has 3 aliphatic rings. The van der Waals surface area contributed by atoms with Crippen LogP contribution in [0.3, 0.4) is 0 Å². The summed E-state index contributed by atoms with van der Waals surface area (Å²) in [6.45, 7) is 3.87. The number of hydrogen-bond donors (Lipinski definition) is 0. The van der Waals surface area contributed by atoms with E-state index in [-0.39, 0.29) is 17.9 Å². The summed E-state index contributed by atoms with van der Waals surface area (Å²) in [5.74, 6) is -0.699. The summed E-state index contributed by atoms with van der Waals surface area (Å²) < 4.78 is 0. The van der Waals surface area contributed by atoms with Crippen LogP contribution in [0.4, 0.5) is 5.69 Å². The van der Waals surface area contributed by atoms with Gasteiger partial charge in [0.15, 0.2) is 0 Å². The van der Waals surface area contributed by atoms with Gasteiger partial charge >= 0.3 is 11.8 Å². The summed E-state index contributed by atoms with van der Waals surface area (Å²) in [4.78, 5) is 35.2. The van der Waals surface area contributed by atoms with Gasteiger partial charge in [-0.25, -0.2) is 0 Å². The summed E-state index contributed by atoms with van der Waals surface area (Å²) in [7, 11) is 0. The van der Waals surface area contributed by atoms with Gasteiger partial charge in [0.2, 0.25) is 0 Å². The topological polar surface area (TPSA) is 56.8 Å². The molecule has 3 heterocycles. The molecular formula is C19H26N4O2. The van der Waals surface area contributed by atoms with E-state index in [2.05, 4.69) is 16.0 Å². The van der Waals surface area contributed by atoms with Crippen LogP contribution in [0.2, 0.25) is 0 Å². The lowest BCUT2D eigenvalue weighted by Gasteiger charge is -2.37. The molecule has 4 rings (SSSR count). The molecule has 0 spiro atoms. The van der Waals surface area contributed by atoms with Gasteiger partial charge in [-0.2, -0.15) is 0 Å². The minimum Gasteiger partial charge on any atom is -0.370 e. The third-order valence-corrected chi connectivity index (χ3v) is 5.74. The summed E-state index contributed by atoms with van der Waals surface area (Å²) in [6.07, 6.45) is 8.78. The van der Waals surface area contributed by atoms with Crippen molar-refractivity contribution in [2.45, 2.75) is 51.1 Å². The van der Waals surface area contributed by atoms with Crippen LogP contribution in [-0.2, 0) is 16.1 Å². The molecule has 2 saturated heterocycles. The summed E-state index contributed by atoms with van der Waals surface area (Å²) in [6, 6.07) is 4.33. The molecule has 0 aromatic carbocycles. The molecule has 2 aliphatic heterocycles. The van der Waals surface area contributed by atoms with Crippen molar-refractivity contribution in [3.05, 3.63) is 24.0 Å². The highest BCUT2D eigenvalue weighted by molar-refractivity contribution is 6.35. The SMILES string of the molecule is O=C1C(=O)N(C2CCCC2)CCN1Cc1ccc(N2CCCC2)cn1. The van der Waals surface area contributed by atoms with E-state index in [4.69, 9.17) is 0 Å². The van der Waals surface area contributed by atoms with Crippen LogP contribution in [0.15, 0.2) is 18.3 Å². The van der Waals surface area contributed by atoms with Crippen LogP contribution in [0.5, 0.6) is 0 Å². The molecular weight excluding hydrogens is 316 g/mol. The van der Waals surface area contributed by atoms with E-state index in [0.29, 0.717) is 19.6 Å². The smallest absolute Gasteiger partial charge is 0.312 e. The molecule has 0 radical (unpaired) electrons. The molecule has 0 bridgehead atoms. The normalized spacial score (nSPS) is 22.3. The fraction of sp³-hybridized carbons (Fsp3) is 0.632. The number of piperazine rings is 1. The standard InChI is InChI=1S/C19H26N4O2/c24-18-19(25)23(16-5-1-2-6-16)12-11-22(18)14-15-7-8-17(13-20-15)21-9-3-4-10-21/h7-8,13,16H,1-6,9-12,14H2. The summed E-state index contributed by atoms with van der Waals surface area (Å²) >= 11 is 0. The van der Waals surface area contributed by atoms with E-state index < -0.39 is 0 Å².